The minimum absolute atomic E-state index is 0.0118. The van der Waals surface area contributed by atoms with Crippen LogP contribution in [0.4, 0.5) is 0 Å². The predicted molar refractivity (Wildman–Crippen MR) is 62.4 cm³/mol. The summed E-state index contributed by atoms with van der Waals surface area (Å²) in [4.78, 5) is 15.1. The van der Waals surface area contributed by atoms with Gasteiger partial charge in [-0.2, -0.15) is 0 Å². The topological polar surface area (TPSA) is 65.4 Å². The zero-order valence-electron chi connectivity index (χ0n) is 10.3. The maximum atomic E-state index is 10.9. The Kier molecular flexibility index (Phi) is 6.27. The summed E-state index contributed by atoms with van der Waals surface area (Å²) in [6.45, 7) is 4.01. The molecule has 0 saturated heterocycles. The molecule has 0 aliphatic carbocycles. The molecular formula is C11H19N3O3. The van der Waals surface area contributed by atoms with Gasteiger partial charge in [0.05, 0.1) is 19.8 Å². The first-order valence-electron chi connectivity index (χ1n) is 5.64. The molecule has 1 rings (SSSR count). The van der Waals surface area contributed by atoms with Gasteiger partial charge in [-0.05, 0) is 6.92 Å². The van der Waals surface area contributed by atoms with Gasteiger partial charge in [-0.1, -0.05) is 0 Å². The third kappa shape index (κ3) is 5.46. The molecule has 6 heteroatoms. The molecule has 0 aromatic carbocycles. The lowest BCUT2D eigenvalue weighted by molar-refractivity contribution is -0.148. The molecule has 1 heterocycles. The molecule has 0 atom stereocenters. The Bertz CT molecular complexity index is 338. The molecule has 6 nitrogen and oxygen atoms in total. The molecule has 0 aliphatic heterocycles. The van der Waals surface area contributed by atoms with E-state index < -0.39 is 0 Å². The summed E-state index contributed by atoms with van der Waals surface area (Å²) in [7, 11) is 1.95. The van der Waals surface area contributed by atoms with Crippen LogP contribution in [-0.2, 0) is 27.9 Å². The summed E-state index contributed by atoms with van der Waals surface area (Å²) < 4.78 is 11.8. The number of ether oxygens (including phenoxy) is 2. The van der Waals surface area contributed by atoms with Crippen molar-refractivity contribution in [1.29, 1.82) is 0 Å². The van der Waals surface area contributed by atoms with Gasteiger partial charge in [0, 0.05) is 26.0 Å². The van der Waals surface area contributed by atoms with Crippen molar-refractivity contribution < 1.29 is 14.3 Å². The summed E-state index contributed by atoms with van der Waals surface area (Å²) in [6, 6.07) is 0. The molecule has 0 radical (unpaired) electrons. The van der Waals surface area contributed by atoms with Gasteiger partial charge in [-0.3, -0.25) is 0 Å². The maximum absolute atomic E-state index is 10.9. The van der Waals surface area contributed by atoms with Crippen molar-refractivity contribution in [2.75, 3.05) is 26.4 Å². The van der Waals surface area contributed by atoms with Crippen LogP contribution in [0.5, 0.6) is 0 Å². The van der Waals surface area contributed by atoms with Gasteiger partial charge in [-0.25, -0.2) is 9.78 Å². The van der Waals surface area contributed by atoms with Crippen LogP contribution < -0.4 is 5.32 Å². The monoisotopic (exact) mass is 241 g/mol. The third-order valence-electron chi connectivity index (χ3n) is 2.15. The van der Waals surface area contributed by atoms with E-state index in [2.05, 4.69) is 10.3 Å². The number of carbonyl (C=O) groups excluding carboxylic acids is 1. The highest BCUT2D eigenvalue weighted by Crippen LogP contribution is 1.92. The van der Waals surface area contributed by atoms with Crippen molar-refractivity contribution in [1.82, 2.24) is 14.9 Å². The largest absolute Gasteiger partial charge is 0.464 e. The second-order valence-electron chi connectivity index (χ2n) is 3.49. The Morgan fingerprint density at radius 1 is 1.59 bits per heavy atom. The molecule has 1 N–H and O–H groups in total. The second kappa shape index (κ2) is 7.81. The molecule has 0 unspecified atom stereocenters. The Labute approximate surface area is 101 Å². The first kappa shape index (κ1) is 13.7. The standard InChI is InChI=1S/C11H19N3O3/c1-3-17-11(15)9-16-7-5-12-8-10-13-4-6-14(10)2/h4,6,12H,3,5,7-9H2,1-2H3. The third-order valence-corrected chi connectivity index (χ3v) is 2.15. The van der Waals surface area contributed by atoms with E-state index in [0.717, 1.165) is 5.82 Å². The van der Waals surface area contributed by atoms with Crippen molar-refractivity contribution in [2.45, 2.75) is 13.5 Å². The zero-order chi connectivity index (χ0) is 12.5. The van der Waals surface area contributed by atoms with E-state index in [0.29, 0.717) is 26.3 Å². The lowest BCUT2D eigenvalue weighted by Crippen LogP contribution is -2.23. The molecule has 0 saturated carbocycles. The number of aromatic nitrogens is 2. The summed E-state index contributed by atoms with van der Waals surface area (Å²) >= 11 is 0. The molecule has 0 fully saturated rings. The normalized spacial score (nSPS) is 10.5. The Morgan fingerprint density at radius 3 is 3.06 bits per heavy atom. The molecule has 17 heavy (non-hydrogen) atoms. The van der Waals surface area contributed by atoms with Crippen LogP contribution in [0.15, 0.2) is 12.4 Å². The predicted octanol–water partition coefficient (Wildman–Crippen LogP) is 0.0894. The summed E-state index contributed by atoms with van der Waals surface area (Å²) in [5.41, 5.74) is 0. The van der Waals surface area contributed by atoms with Gasteiger partial charge in [0.2, 0.25) is 0 Å². The number of nitrogens with one attached hydrogen (secondary N) is 1. The molecule has 0 amide bonds. The first-order chi connectivity index (χ1) is 8.24. The average molecular weight is 241 g/mol. The highest BCUT2D eigenvalue weighted by Gasteiger charge is 2.01. The number of esters is 1. The van der Waals surface area contributed by atoms with E-state index in [4.69, 9.17) is 9.47 Å². The average Bonchev–Trinajstić information content (AvgIpc) is 2.70. The van der Waals surface area contributed by atoms with Crippen LogP contribution in [-0.4, -0.2) is 41.9 Å². The van der Waals surface area contributed by atoms with Gasteiger partial charge >= 0.3 is 5.97 Å². The number of nitrogens with zero attached hydrogens (tertiary/aromatic N) is 2. The van der Waals surface area contributed by atoms with Crippen LogP contribution >= 0.6 is 0 Å². The fraction of sp³-hybridized carbons (Fsp3) is 0.636. The molecular weight excluding hydrogens is 222 g/mol. The van der Waals surface area contributed by atoms with Crippen molar-refractivity contribution in [3.8, 4) is 0 Å². The minimum atomic E-state index is -0.323. The van der Waals surface area contributed by atoms with Crippen molar-refractivity contribution in [2.24, 2.45) is 7.05 Å². The van der Waals surface area contributed by atoms with Crippen molar-refractivity contribution >= 4 is 5.97 Å². The summed E-state index contributed by atoms with van der Waals surface area (Å²) in [5.74, 6) is 0.645. The number of imidazole rings is 1. The highest BCUT2D eigenvalue weighted by atomic mass is 16.6. The minimum Gasteiger partial charge on any atom is -0.464 e. The van der Waals surface area contributed by atoms with Crippen molar-refractivity contribution in [3.05, 3.63) is 18.2 Å². The molecule has 0 bridgehead atoms. The van der Waals surface area contributed by atoms with Gasteiger partial charge in [-0.15, -0.1) is 0 Å². The van der Waals surface area contributed by atoms with Crippen molar-refractivity contribution in [3.63, 3.8) is 0 Å². The Hall–Kier alpha value is -1.40. The van der Waals surface area contributed by atoms with Crippen LogP contribution in [0.25, 0.3) is 0 Å². The summed E-state index contributed by atoms with van der Waals surface area (Å²) in [5, 5.41) is 3.17. The van der Waals surface area contributed by atoms with Crippen LogP contribution in [0.3, 0.4) is 0 Å². The Balaban J connectivity index is 1.98. The number of carbonyl (C=O) groups is 1. The first-order valence-corrected chi connectivity index (χ1v) is 5.64. The summed E-state index contributed by atoms with van der Waals surface area (Å²) in [6.07, 6.45) is 3.66. The van der Waals surface area contributed by atoms with Gasteiger partial charge < -0.3 is 19.4 Å². The van der Waals surface area contributed by atoms with Gasteiger partial charge in [0.25, 0.3) is 0 Å². The lowest BCUT2D eigenvalue weighted by atomic mass is 10.5. The molecule has 0 spiro atoms. The zero-order valence-corrected chi connectivity index (χ0v) is 10.3. The molecule has 96 valence electrons. The maximum Gasteiger partial charge on any atom is 0.332 e. The quantitative estimate of drug-likeness (QED) is 0.516. The van der Waals surface area contributed by atoms with E-state index in [1.165, 1.54) is 0 Å². The smallest absolute Gasteiger partial charge is 0.332 e. The Morgan fingerprint density at radius 2 is 2.41 bits per heavy atom. The second-order valence-corrected chi connectivity index (χ2v) is 3.49. The van der Waals surface area contributed by atoms with Gasteiger partial charge in [0.15, 0.2) is 0 Å². The van der Waals surface area contributed by atoms with E-state index in [1.54, 1.807) is 13.1 Å². The number of hydrogen-bond donors (Lipinski definition) is 1. The fourth-order valence-electron chi connectivity index (χ4n) is 1.27. The lowest BCUT2D eigenvalue weighted by Gasteiger charge is -2.06. The van der Waals surface area contributed by atoms with E-state index in [9.17, 15) is 4.79 Å². The van der Waals surface area contributed by atoms with E-state index in [-0.39, 0.29) is 12.6 Å². The van der Waals surface area contributed by atoms with E-state index >= 15 is 0 Å². The van der Waals surface area contributed by atoms with Crippen LogP contribution in [0.1, 0.15) is 12.7 Å². The van der Waals surface area contributed by atoms with Gasteiger partial charge in [0.1, 0.15) is 12.4 Å². The molecule has 1 aromatic heterocycles. The fourth-order valence-corrected chi connectivity index (χ4v) is 1.27. The molecule has 0 aliphatic rings. The van der Waals surface area contributed by atoms with Crippen LogP contribution in [0, 0.1) is 0 Å². The van der Waals surface area contributed by atoms with E-state index in [1.807, 2.05) is 17.8 Å². The van der Waals surface area contributed by atoms with Crippen LogP contribution in [0.2, 0.25) is 0 Å². The number of hydrogen-bond acceptors (Lipinski definition) is 5. The highest BCUT2D eigenvalue weighted by molar-refractivity contribution is 5.70. The SMILES string of the molecule is CCOC(=O)COCCNCc1nccn1C. The number of aryl methyl sites for hydroxylation is 1. The molecule has 1 aromatic rings. The number of rotatable bonds is 8.